The number of hydrogen-bond donors (Lipinski definition) is 0. The highest BCUT2D eigenvalue weighted by Crippen LogP contribution is 2.40. The first-order chi connectivity index (χ1) is 10.2. The first-order valence-corrected chi connectivity index (χ1v) is 7.93. The van der Waals surface area contributed by atoms with Gasteiger partial charge in [0.1, 0.15) is 6.10 Å². The van der Waals surface area contributed by atoms with E-state index in [9.17, 15) is 4.79 Å². The van der Waals surface area contributed by atoms with Gasteiger partial charge in [0.05, 0.1) is 0 Å². The van der Waals surface area contributed by atoms with Gasteiger partial charge in [-0.1, -0.05) is 24.3 Å². The SMILES string of the molecule is CN1C[C@H](OC(=O)N2CCc3ccccc3C2)C2CC1C2. The zero-order valence-corrected chi connectivity index (χ0v) is 12.5. The molecule has 2 bridgehead atoms. The van der Waals surface area contributed by atoms with Gasteiger partial charge >= 0.3 is 6.09 Å². The molecule has 4 nitrogen and oxygen atoms in total. The lowest BCUT2D eigenvalue weighted by molar-refractivity contribution is -0.0838. The molecule has 1 aliphatic carbocycles. The topological polar surface area (TPSA) is 32.8 Å². The van der Waals surface area contributed by atoms with Gasteiger partial charge in [-0.15, -0.1) is 0 Å². The second kappa shape index (κ2) is 5.02. The molecule has 5 rings (SSSR count). The Morgan fingerprint density at radius 3 is 2.76 bits per heavy atom. The van der Waals surface area contributed by atoms with Gasteiger partial charge in [-0.25, -0.2) is 4.79 Å². The number of hydrogen-bond acceptors (Lipinski definition) is 3. The number of fused-ring (bicyclic) bond motifs is 3. The molecule has 4 heteroatoms. The van der Waals surface area contributed by atoms with Crippen LogP contribution in [-0.2, 0) is 17.7 Å². The van der Waals surface area contributed by atoms with E-state index in [1.165, 1.54) is 24.0 Å². The molecule has 21 heavy (non-hydrogen) atoms. The summed E-state index contributed by atoms with van der Waals surface area (Å²) in [5.74, 6) is 0.590. The summed E-state index contributed by atoms with van der Waals surface area (Å²) in [6.45, 7) is 2.35. The van der Waals surface area contributed by atoms with E-state index in [1.807, 2.05) is 11.0 Å². The number of carbonyl (C=O) groups excluding carboxylic acids is 1. The van der Waals surface area contributed by atoms with Gasteiger partial charge < -0.3 is 9.64 Å². The lowest BCUT2D eigenvalue weighted by Gasteiger charge is -2.51. The molecule has 1 amide bonds. The molecule has 3 fully saturated rings. The highest BCUT2D eigenvalue weighted by atomic mass is 16.6. The third kappa shape index (κ3) is 2.31. The van der Waals surface area contributed by atoms with Gasteiger partial charge in [0.15, 0.2) is 0 Å². The molecule has 0 radical (unpaired) electrons. The van der Waals surface area contributed by atoms with Crippen molar-refractivity contribution in [2.45, 2.75) is 38.0 Å². The van der Waals surface area contributed by atoms with Crippen LogP contribution in [-0.4, -0.2) is 48.2 Å². The Labute approximate surface area is 125 Å². The van der Waals surface area contributed by atoms with Crippen LogP contribution in [0.4, 0.5) is 4.79 Å². The Morgan fingerprint density at radius 2 is 2.00 bits per heavy atom. The van der Waals surface area contributed by atoms with Crippen molar-refractivity contribution in [3.8, 4) is 0 Å². The van der Waals surface area contributed by atoms with Crippen molar-refractivity contribution in [1.82, 2.24) is 9.80 Å². The van der Waals surface area contributed by atoms with Crippen molar-refractivity contribution in [2.75, 3.05) is 20.1 Å². The molecule has 2 saturated heterocycles. The molecule has 0 spiro atoms. The maximum absolute atomic E-state index is 12.4. The summed E-state index contributed by atoms with van der Waals surface area (Å²) in [5, 5.41) is 0. The normalized spacial score (nSPS) is 31.3. The Bertz CT molecular complexity index is 553. The fourth-order valence-corrected chi connectivity index (χ4v) is 3.86. The van der Waals surface area contributed by atoms with E-state index in [4.69, 9.17) is 4.74 Å². The van der Waals surface area contributed by atoms with Gasteiger partial charge in [0.2, 0.25) is 0 Å². The molecular weight excluding hydrogens is 264 g/mol. The van der Waals surface area contributed by atoms with E-state index in [1.54, 1.807) is 0 Å². The molecule has 1 aromatic rings. The highest BCUT2D eigenvalue weighted by Gasteiger charge is 2.45. The van der Waals surface area contributed by atoms with Crippen LogP contribution in [0, 0.1) is 5.92 Å². The molecule has 1 saturated carbocycles. The number of ether oxygens (including phenoxy) is 1. The molecule has 3 aliphatic heterocycles. The minimum Gasteiger partial charge on any atom is -0.444 e. The fraction of sp³-hybridized carbons (Fsp3) is 0.588. The maximum atomic E-state index is 12.4. The van der Waals surface area contributed by atoms with E-state index >= 15 is 0 Å². The van der Waals surface area contributed by atoms with Crippen LogP contribution in [0.15, 0.2) is 24.3 Å². The highest BCUT2D eigenvalue weighted by molar-refractivity contribution is 5.68. The number of carbonyl (C=O) groups is 1. The van der Waals surface area contributed by atoms with E-state index in [0.29, 0.717) is 12.5 Å². The fourth-order valence-electron chi connectivity index (χ4n) is 3.86. The van der Waals surface area contributed by atoms with Crippen molar-refractivity contribution < 1.29 is 9.53 Å². The van der Waals surface area contributed by atoms with Crippen LogP contribution < -0.4 is 0 Å². The summed E-state index contributed by atoms with van der Waals surface area (Å²) in [4.78, 5) is 16.6. The minimum atomic E-state index is -0.131. The predicted molar refractivity (Wildman–Crippen MR) is 80.0 cm³/mol. The van der Waals surface area contributed by atoms with E-state index in [0.717, 1.165) is 25.6 Å². The number of nitrogens with zero attached hydrogens (tertiary/aromatic N) is 2. The summed E-state index contributed by atoms with van der Waals surface area (Å²) in [6.07, 6.45) is 3.27. The van der Waals surface area contributed by atoms with E-state index < -0.39 is 0 Å². The molecule has 112 valence electrons. The van der Waals surface area contributed by atoms with Crippen molar-refractivity contribution in [1.29, 1.82) is 0 Å². The summed E-state index contributed by atoms with van der Waals surface area (Å²) in [7, 11) is 2.14. The Morgan fingerprint density at radius 1 is 1.24 bits per heavy atom. The first-order valence-electron chi connectivity index (χ1n) is 7.93. The van der Waals surface area contributed by atoms with E-state index in [-0.39, 0.29) is 12.2 Å². The quantitative estimate of drug-likeness (QED) is 0.794. The standard InChI is InChI=1S/C17H22N2O2/c1-18-11-16(14-8-15(18)9-14)21-17(20)19-7-6-12-4-2-3-5-13(12)10-19/h2-5,14-16H,6-11H2,1H3/t14?,15?,16-/m0/s1. The van der Waals surface area contributed by atoms with Crippen LogP contribution in [0.25, 0.3) is 0 Å². The zero-order valence-electron chi connectivity index (χ0n) is 12.5. The van der Waals surface area contributed by atoms with Crippen molar-refractivity contribution in [3.05, 3.63) is 35.4 Å². The molecule has 3 heterocycles. The van der Waals surface area contributed by atoms with Gasteiger partial charge in [-0.05, 0) is 37.4 Å². The van der Waals surface area contributed by atoms with Gasteiger partial charge in [0, 0.05) is 31.6 Å². The lowest BCUT2D eigenvalue weighted by atomic mass is 9.72. The Kier molecular flexibility index (Phi) is 3.14. The molecule has 0 unspecified atom stereocenters. The average molecular weight is 286 g/mol. The number of piperidine rings is 2. The van der Waals surface area contributed by atoms with Crippen molar-refractivity contribution >= 4 is 6.09 Å². The molecule has 4 aliphatic rings. The second-order valence-electron chi connectivity index (χ2n) is 6.69. The molecule has 0 aromatic heterocycles. The third-order valence-electron chi connectivity index (χ3n) is 5.41. The van der Waals surface area contributed by atoms with Crippen molar-refractivity contribution in [2.24, 2.45) is 5.92 Å². The van der Waals surface area contributed by atoms with Crippen molar-refractivity contribution in [3.63, 3.8) is 0 Å². The molecule has 1 aromatic carbocycles. The Balaban J connectivity index is 1.40. The van der Waals surface area contributed by atoms with E-state index in [2.05, 4.69) is 30.1 Å². The van der Waals surface area contributed by atoms with Crippen LogP contribution in [0.3, 0.4) is 0 Å². The maximum Gasteiger partial charge on any atom is 0.410 e. The van der Waals surface area contributed by atoms with Gasteiger partial charge in [0.25, 0.3) is 0 Å². The number of rotatable bonds is 1. The summed E-state index contributed by atoms with van der Waals surface area (Å²) < 4.78 is 5.81. The summed E-state index contributed by atoms with van der Waals surface area (Å²) in [5.41, 5.74) is 2.62. The smallest absolute Gasteiger partial charge is 0.410 e. The molecule has 1 atom stereocenters. The summed E-state index contributed by atoms with van der Waals surface area (Å²) in [6, 6.07) is 9.10. The molecular formula is C17H22N2O2. The first kappa shape index (κ1) is 13.1. The predicted octanol–water partition coefficient (Wildman–Crippen LogP) is 2.27. The van der Waals surface area contributed by atoms with Crippen LogP contribution in [0.2, 0.25) is 0 Å². The third-order valence-corrected chi connectivity index (χ3v) is 5.41. The minimum absolute atomic E-state index is 0.0877. The van der Waals surface area contributed by atoms with Crippen LogP contribution >= 0.6 is 0 Å². The summed E-state index contributed by atoms with van der Waals surface area (Å²) >= 11 is 0. The Hall–Kier alpha value is -1.55. The molecule has 0 N–H and O–H groups in total. The number of likely N-dealkylation sites (N-methyl/N-ethyl adjacent to an activating group) is 1. The van der Waals surface area contributed by atoms with Gasteiger partial charge in [-0.3, -0.25) is 4.90 Å². The second-order valence-corrected chi connectivity index (χ2v) is 6.69. The monoisotopic (exact) mass is 286 g/mol. The number of amides is 1. The van der Waals surface area contributed by atoms with Gasteiger partial charge in [-0.2, -0.15) is 0 Å². The zero-order chi connectivity index (χ0) is 14.4. The largest absolute Gasteiger partial charge is 0.444 e. The number of benzene rings is 1. The van der Waals surface area contributed by atoms with Crippen LogP contribution in [0.1, 0.15) is 24.0 Å². The van der Waals surface area contributed by atoms with Crippen LogP contribution in [0.5, 0.6) is 0 Å². The lowest BCUT2D eigenvalue weighted by Crippen LogP contribution is -2.58. The average Bonchev–Trinajstić information content (AvgIpc) is 2.45.